The summed E-state index contributed by atoms with van der Waals surface area (Å²) in [6.07, 6.45) is 4.51. The molecule has 0 saturated carbocycles. The van der Waals surface area contributed by atoms with E-state index in [2.05, 4.69) is 12.0 Å². The van der Waals surface area contributed by atoms with Gasteiger partial charge in [0.05, 0.1) is 12.3 Å². The molecule has 0 spiro atoms. The average molecular weight is 309 g/mol. The summed E-state index contributed by atoms with van der Waals surface area (Å²) in [4.78, 5) is 13.7. The molecule has 1 aliphatic rings. The second-order valence-corrected chi connectivity index (χ2v) is 6.96. The number of aromatic nitrogens is 2. The summed E-state index contributed by atoms with van der Waals surface area (Å²) < 4.78 is 7.23. The van der Waals surface area contributed by atoms with Crippen LogP contribution in [0.2, 0.25) is 0 Å². The summed E-state index contributed by atoms with van der Waals surface area (Å²) in [5.74, 6) is 0.0341. The highest BCUT2D eigenvalue weighted by atomic mass is 16.6. The fraction of sp³-hybridized carbons (Fsp3) is 0.750. The maximum absolute atomic E-state index is 12.1. The summed E-state index contributed by atoms with van der Waals surface area (Å²) >= 11 is 0. The molecule has 2 rings (SSSR count). The SMILES string of the molecule is CCCn1cc(C(O)C2CCN(C(=O)OC(C)(C)C)C2)cn1. The highest BCUT2D eigenvalue weighted by Gasteiger charge is 2.34. The van der Waals surface area contributed by atoms with Gasteiger partial charge in [0.25, 0.3) is 0 Å². The zero-order chi connectivity index (χ0) is 16.3. The van der Waals surface area contributed by atoms with E-state index in [0.29, 0.717) is 13.1 Å². The third-order valence-corrected chi connectivity index (χ3v) is 3.77. The first kappa shape index (κ1) is 16.8. The van der Waals surface area contributed by atoms with Crippen molar-refractivity contribution < 1.29 is 14.6 Å². The fourth-order valence-corrected chi connectivity index (χ4v) is 2.69. The van der Waals surface area contributed by atoms with Crippen LogP contribution in [-0.4, -0.2) is 44.6 Å². The number of carbonyl (C=O) groups is 1. The van der Waals surface area contributed by atoms with Gasteiger partial charge in [-0.1, -0.05) is 6.92 Å². The van der Waals surface area contributed by atoms with E-state index in [1.807, 2.05) is 31.6 Å². The number of carbonyl (C=O) groups excluding carboxylic acids is 1. The van der Waals surface area contributed by atoms with Gasteiger partial charge in [0.2, 0.25) is 0 Å². The molecule has 0 aromatic carbocycles. The first-order chi connectivity index (χ1) is 10.3. The minimum Gasteiger partial charge on any atom is -0.444 e. The largest absolute Gasteiger partial charge is 0.444 e. The van der Waals surface area contributed by atoms with Crippen LogP contribution >= 0.6 is 0 Å². The smallest absolute Gasteiger partial charge is 0.410 e. The Labute approximate surface area is 132 Å². The Balaban J connectivity index is 1.92. The van der Waals surface area contributed by atoms with E-state index in [9.17, 15) is 9.90 Å². The third kappa shape index (κ3) is 4.22. The van der Waals surface area contributed by atoms with Crippen molar-refractivity contribution in [3.63, 3.8) is 0 Å². The molecule has 1 aromatic rings. The number of aliphatic hydroxyl groups excluding tert-OH is 1. The number of hydrogen-bond acceptors (Lipinski definition) is 4. The van der Waals surface area contributed by atoms with Crippen LogP contribution in [0, 0.1) is 5.92 Å². The molecule has 1 aliphatic heterocycles. The van der Waals surface area contributed by atoms with Crippen LogP contribution in [0.5, 0.6) is 0 Å². The van der Waals surface area contributed by atoms with E-state index < -0.39 is 11.7 Å². The zero-order valence-electron chi connectivity index (χ0n) is 14.0. The maximum atomic E-state index is 12.1. The molecule has 124 valence electrons. The van der Waals surface area contributed by atoms with Gasteiger partial charge in [-0.05, 0) is 33.6 Å². The van der Waals surface area contributed by atoms with Gasteiger partial charge in [-0.15, -0.1) is 0 Å². The number of aryl methyl sites for hydroxylation is 1. The highest BCUT2D eigenvalue weighted by Crippen LogP contribution is 2.30. The minimum absolute atomic E-state index is 0.0341. The number of hydrogen-bond donors (Lipinski definition) is 1. The van der Waals surface area contributed by atoms with Gasteiger partial charge >= 0.3 is 6.09 Å². The van der Waals surface area contributed by atoms with Crippen LogP contribution in [-0.2, 0) is 11.3 Å². The van der Waals surface area contributed by atoms with Crippen molar-refractivity contribution in [1.29, 1.82) is 0 Å². The molecule has 1 amide bonds. The van der Waals surface area contributed by atoms with Crippen LogP contribution < -0.4 is 0 Å². The number of likely N-dealkylation sites (tertiary alicyclic amines) is 1. The topological polar surface area (TPSA) is 67.6 Å². The van der Waals surface area contributed by atoms with Gasteiger partial charge in [0, 0.05) is 37.3 Å². The molecular weight excluding hydrogens is 282 g/mol. The number of rotatable bonds is 4. The molecule has 1 N–H and O–H groups in total. The minimum atomic E-state index is -0.585. The van der Waals surface area contributed by atoms with E-state index in [1.165, 1.54) is 0 Å². The van der Waals surface area contributed by atoms with E-state index in [1.54, 1.807) is 11.1 Å². The summed E-state index contributed by atoms with van der Waals surface area (Å²) in [6.45, 7) is 9.66. The van der Waals surface area contributed by atoms with Gasteiger partial charge in [-0.2, -0.15) is 5.10 Å². The Morgan fingerprint density at radius 3 is 2.91 bits per heavy atom. The van der Waals surface area contributed by atoms with Crippen LogP contribution in [0.4, 0.5) is 4.79 Å². The number of aliphatic hydroxyl groups is 1. The van der Waals surface area contributed by atoms with Gasteiger partial charge in [-0.25, -0.2) is 4.79 Å². The van der Waals surface area contributed by atoms with Crippen molar-refractivity contribution in [3.8, 4) is 0 Å². The Bertz CT molecular complexity index is 507. The molecule has 1 aromatic heterocycles. The van der Waals surface area contributed by atoms with Crippen molar-refractivity contribution in [1.82, 2.24) is 14.7 Å². The first-order valence-corrected chi connectivity index (χ1v) is 7.98. The lowest BCUT2D eigenvalue weighted by atomic mass is 9.97. The van der Waals surface area contributed by atoms with E-state index in [0.717, 1.165) is 24.9 Å². The second kappa shape index (κ2) is 6.69. The van der Waals surface area contributed by atoms with Crippen LogP contribution in [0.3, 0.4) is 0 Å². The number of ether oxygens (including phenoxy) is 1. The Hall–Kier alpha value is -1.56. The molecule has 6 heteroatoms. The summed E-state index contributed by atoms with van der Waals surface area (Å²) in [7, 11) is 0. The van der Waals surface area contributed by atoms with Gasteiger partial charge in [-0.3, -0.25) is 4.68 Å². The second-order valence-electron chi connectivity index (χ2n) is 6.96. The molecular formula is C16H27N3O3. The lowest BCUT2D eigenvalue weighted by Crippen LogP contribution is -2.35. The monoisotopic (exact) mass is 309 g/mol. The Kier molecular flexibility index (Phi) is 5.11. The summed E-state index contributed by atoms with van der Waals surface area (Å²) in [6, 6.07) is 0. The van der Waals surface area contributed by atoms with Crippen molar-refractivity contribution in [2.45, 2.75) is 58.8 Å². The zero-order valence-corrected chi connectivity index (χ0v) is 14.0. The molecule has 22 heavy (non-hydrogen) atoms. The molecule has 2 unspecified atom stereocenters. The predicted octanol–water partition coefficient (Wildman–Crippen LogP) is 2.58. The Morgan fingerprint density at radius 1 is 1.55 bits per heavy atom. The molecule has 1 saturated heterocycles. The summed E-state index contributed by atoms with van der Waals surface area (Å²) in [5.41, 5.74) is 0.333. The van der Waals surface area contributed by atoms with E-state index >= 15 is 0 Å². The van der Waals surface area contributed by atoms with Crippen LogP contribution in [0.25, 0.3) is 0 Å². The molecule has 0 radical (unpaired) electrons. The highest BCUT2D eigenvalue weighted by molar-refractivity contribution is 5.68. The maximum Gasteiger partial charge on any atom is 0.410 e. The predicted molar refractivity (Wildman–Crippen MR) is 83.4 cm³/mol. The molecule has 1 fully saturated rings. The number of nitrogens with zero attached hydrogens (tertiary/aromatic N) is 3. The molecule has 0 aliphatic carbocycles. The normalized spacial score (nSPS) is 20.2. The molecule has 2 heterocycles. The van der Waals surface area contributed by atoms with Crippen molar-refractivity contribution in [3.05, 3.63) is 18.0 Å². The first-order valence-electron chi connectivity index (χ1n) is 7.98. The van der Waals surface area contributed by atoms with Crippen molar-refractivity contribution in [2.75, 3.05) is 13.1 Å². The third-order valence-electron chi connectivity index (χ3n) is 3.77. The quantitative estimate of drug-likeness (QED) is 0.928. The van der Waals surface area contributed by atoms with Gasteiger partial charge in [0.15, 0.2) is 0 Å². The Morgan fingerprint density at radius 2 is 2.27 bits per heavy atom. The molecule has 0 bridgehead atoms. The standard InChI is InChI=1S/C16H27N3O3/c1-5-7-19-11-13(9-17-19)14(20)12-6-8-18(10-12)15(21)22-16(2,3)4/h9,11-12,14,20H,5-8,10H2,1-4H3. The van der Waals surface area contributed by atoms with E-state index in [-0.39, 0.29) is 12.0 Å². The average Bonchev–Trinajstić information content (AvgIpc) is 3.05. The molecule has 2 atom stereocenters. The molecule has 6 nitrogen and oxygen atoms in total. The van der Waals surface area contributed by atoms with Gasteiger partial charge < -0.3 is 14.7 Å². The van der Waals surface area contributed by atoms with E-state index in [4.69, 9.17) is 4.74 Å². The lowest BCUT2D eigenvalue weighted by molar-refractivity contribution is 0.0268. The fourth-order valence-electron chi connectivity index (χ4n) is 2.69. The number of amides is 1. The van der Waals surface area contributed by atoms with Crippen LogP contribution in [0.15, 0.2) is 12.4 Å². The summed E-state index contributed by atoms with van der Waals surface area (Å²) in [5, 5.41) is 14.8. The van der Waals surface area contributed by atoms with Gasteiger partial charge in [0.1, 0.15) is 5.60 Å². The van der Waals surface area contributed by atoms with Crippen LogP contribution in [0.1, 0.15) is 52.2 Å². The lowest BCUT2D eigenvalue weighted by Gasteiger charge is -2.25. The van der Waals surface area contributed by atoms with Crippen molar-refractivity contribution >= 4 is 6.09 Å². The van der Waals surface area contributed by atoms with Crippen molar-refractivity contribution in [2.24, 2.45) is 5.92 Å².